The maximum absolute atomic E-state index is 12.9. The molecular formula is C18H27N3O5S. The normalized spacial score (nSPS) is 21.7. The molecule has 3 rings (SSSR count). The first-order chi connectivity index (χ1) is 13.0. The molecule has 0 radical (unpaired) electrons. The second-order valence-corrected chi connectivity index (χ2v) is 8.97. The van der Waals surface area contributed by atoms with Crippen LogP contribution in [0.2, 0.25) is 0 Å². The van der Waals surface area contributed by atoms with Gasteiger partial charge in [-0.05, 0) is 37.8 Å². The zero-order chi connectivity index (χ0) is 19.3. The molecule has 1 aromatic rings. The maximum atomic E-state index is 12.9. The Kier molecular flexibility index (Phi) is 6.67. The fraction of sp³-hybridized carbons (Fsp3) is 0.667. The molecule has 0 aromatic carbocycles. The van der Waals surface area contributed by atoms with Crippen molar-refractivity contribution in [1.82, 2.24) is 14.2 Å². The molecule has 1 N–H and O–H groups in total. The van der Waals surface area contributed by atoms with Gasteiger partial charge in [0, 0.05) is 32.4 Å². The molecule has 8 nitrogen and oxygen atoms in total. The quantitative estimate of drug-likeness (QED) is 0.762. The molecule has 1 amide bonds. The first-order valence-electron chi connectivity index (χ1n) is 9.56. The van der Waals surface area contributed by atoms with Gasteiger partial charge in [0.05, 0.1) is 6.10 Å². The van der Waals surface area contributed by atoms with E-state index in [9.17, 15) is 18.0 Å². The highest BCUT2D eigenvalue weighted by Gasteiger charge is 2.28. The van der Waals surface area contributed by atoms with Crippen LogP contribution in [0.3, 0.4) is 0 Å². The number of rotatable bonds is 6. The smallest absolute Gasteiger partial charge is 0.271 e. The van der Waals surface area contributed by atoms with E-state index in [2.05, 4.69) is 5.32 Å². The molecule has 9 heteroatoms. The number of hydrogen-bond acceptors (Lipinski definition) is 5. The zero-order valence-corrected chi connectivity index (χ0v) is 16.2. The molecule has 0 aliphatic carbocycles. The molecule has 2 aliphatic heterocycles. The number of hydrogen-bond donors (Lipinski definition) is 1. The first-order valence-corrected chi connectivity index (χ1v) is 11.0. The molecule has 1 unspecified atom stereocenters. The predicted molar refractivity (Wildman–Crippen MR) is 99.9 cm³/mol. The number of carbonyl (C=O) groups is 1. The summed E-state index contributed by atoms with van der Waals surface area (Å²) in [5, 5.41) is 2.75. The van der Waals surface area contributed by atoms with Crippen LogP contribution >= 0.6 is 0 Å². The Morgan fingerprint density at radius 3 is 2.59 bits per heavy atom. The summed E-state index contributed by atoms with van der Waals surface area (Å²) in [5.74, 6) is -0.336. The summed E-state index contributed by atoms with van der Waals surface area (Å²) in [6.07, 6.45) is 6.93. The van der Waals surface area contributed by atoms with E-state index in [1.54, 1.807) is 0 Å². The van der Waals surface area contributed by atoms with Gasteiger partial charge in [0.2, 0.25) is 15.9 Å². The Morgan fingerprint density at radius 1 is 1.19 bits per heavy atom. The van der Waals surface area contributed by atoms with Crippen molar-refractivity contribution < 1.29 is 17.9 Å². The Balaban J connectivity index is 1.71. The molecule has 1 aromatic heterocycles. The minimum Gasteiger partial charge on any atom is -0.376 e. The monoisotopic (exact) mass is 397 g/mol. The maximum Gasteiger partial charge on any atom is 0.271 e. The van der Waals surface area contributed by atoms with Crippen LogP contribution in [-0.4, -0.2) is 55.5 Å². The van der Waals surface area contributed by atoms with Gasteiger partial charge < -0.3 is 14.6 Å². The topological polar surface area (TPSA) is 97.7 Å². The highest BCUT2D eigenvalue weighted by atomic mass is 32.2. The van der Waals surface area contributed by atoms with Gasteiger partial charge in [-0.1, -0.05) is 12.8 Å². The third-order valence-corrected chi connectivity index (χ3v) is 6.94. The number of sulfonamides is 1. The van der Waals surface area contributed by atoms with Gasteiger partial charge in [0.25, 0.3) is 5.56 Å². The van der Waals surface area contributed by atoms with Crippen molar-refractivity contribution in [2.75, 3.05) is 26.2 Å². The fourth-order valence-corrected chi connectivity index (χ4v) is 5.11. The number of ether oxygens (including phenoxy) is 1. The van der Waals surface area contributed by atoms with Crippen molar-refractivity contribution >= 4 is 15.9 Å². The van der Waals surface area contributed by atoms with E-state index in [-0.39, 0.29) is 23.5 Å². The molecule has 27 heavy (non-hydrogen) atoms. The number of aromatic nitrogens is 1. The number of nitrogens with one attached hydrogen (secondary N) is 1. The second kappa shape index (κ2) is 8.99. The van der Waals surface area contributed by atoms with E-state index >= 15 is 0 Å². The molecule has 0 saturated carbocycles. The average molecular weight is 397 g/mol. The van der Waals surface area contributed by atoms with Crippen LogP contribution in [0.15, 0.2) is 28.0 Å². The summed E-state index contributed by atoms with van der Waals surface area (Å²) >= 11 is 0. The van der Waals surface area contributed by atoms with E-state index in [1.807, 2.05) is 0 Å². The van der Waals surface area contributed by atoms with Crippen LogP contribution in [0.25, 0.3) is 0 Å². The van der Waals surface area contributed by atoms with Crippen LogP contribution in [0.5, 0.6) is 0 Å². The van der Waals surface area contributed by atoms with Crippen LogP contribution in [0.4, 0.5) is 0 Å². The third kappa shape index (κ3) is 4.97. The van der Waals surface area contributed by atoms with Crippen molar-refractivity contribution in [3.05, 3.63) is 28.7 Å². The van der Waals surface area contributed by atoms with Gasteiger partial charge in [-0.15, -0.1) is 0 Å². The van der Waals surface area contributed by atoms with Crippen molar-refractivity contribution in [3.8, 4) is 0 Å². The van der Waals surface area contributed by atoms with Crippen molar-refractivity contribution in [2.24, 2.45) is 0 Å². The van der Waals surface area contributed by atoms with Crippen molar-refractivity contribution in [1.29, 1.82) is 0 Å². The van der Waals surface area contributed by atoms with Crippen molar-refractivity contribution in [2.45, 2.75) is 56.1 Å². The number of pyridine rings is 1. The Labute approximate surface area is 159 Å². The summed E-state index contributed by atoms with van der Waals surface area (Å²) in [6, 6.07) is 2.82. The van der Waals surface area contributed by atoms with Crippen LogP contribution in [0.1, 0.15) is 38.5 Å². The van der Waals surface area contributed by atoms with E-state index in [1.165, 1.54) is 22.6 Å². The second-order valence-electron chi connectivity index (χ2n) is 7.06. The van der Waals surface area contributed by atoms with Crippen LogP contribution < -0.4 is 10.9 Å². The molecule has 2 aliphatic rings. The number of carbonyl (C=O) groups excluding carboxylic acids is 1. The average Bonchev–Trinajstić information content (AvgIpc) is 3.01. The SMILES string of the molecule is O=C(Cn1cccc(S(=O)(=O)N2CCCCCC2)c1=O)NCC1CCCO1. The van der Waals surface area contributed by atoms with E-state index in [4.69, 9.17) is 4.74 Å². The summed E-state index contributed by atoms with van der Waals surface area (Å²) in [6.45, 7) is 1.75. The molecule has 150 valence electrons. The van der Waals surface area contributed by atoms with Crippen LogP contribution in [-0.2, 0) is 26.1 Å². The van der Waals surface area contributed by atoms with Gasteiger partial charge in [-0.2, -0.15) is 4.31 Å². The number of amides is 1. The Bertz CT molecular complexity index is 807. The lowest BCUT2D eigenvalue weighted by Gasteiger charge is -2.20. The third-order valence-electron chi connectivity index (χ3n) is 5.03. The lowest BCUT2D eigenvalue weighted by atomic mass is 10.2. The molecule has 0 spiro atoms. The standard InChI is InChI=1S/C18H27N3O5S/c22-17(19-13-15-7-6-12-26-15)14-20-9-5-8-16(18(20)23)27(24,25)21-10-3-1-2-4-11-21/h5,8-9,15H,1-4,6-7,10-14H2,(H,19,22). The highest BCUT2D eigenvalue weighted by Crippen LogP contribution is 2.18. The van der Waals surface area contributed by atoms with E-state index < -0.39 is 15.6 Å². The van der Waals surface area contributed by atoms with Gasteiger partial charge in [0.1, 0.15) is 11.4 Å². The molecular weight excluding hydrogens is 370 g/mol. The Hall–Kier alpha value is -1.71. The molecule has 2 saturated heterocycles. The lowest BCUT2D eigenvalue weighted by Crippen LogP contribution is -2.39. The summed E-state index contributed by atoms with van der Waals surface area (Å²) in [5.41, 5.74) is -0.658. The first kappa shape index (κ1) is 20.0. The molecule has 0 bridgehead atoms. The van der Waals surface area contributed by atoms with Crippen molar-refractivity contribution in [3.63, 3.8) is 0 Å². The van der Waals surface area contributed by atoms with Crippen LogP contribution in [0, 0.1) is 0 Å². The lowest BCUT2D eigenvalue weighted by molar-refractivity contribution is -0.122. The summed E-state index contributed by atoms with van der Waals surface area (Å²) < 4.78 is 33.8. The highest BCUT2D eigenvalue weighted by molar-refractivity contribution is 7.89. The molecule has 3 heterocycles. The van der Waals surface area contributed by atoms with E-state index in [0.717, 1.165) is 43.1 Å². The summed E-state index contributed by atoms with van der Waals surface area (Å²) in [4.78, 5) is 24.6. The minimum absolute atomic E-state index is 0.0143. The fourth-order valence-electron chi connectivity index (χ4n) is 3.50. The van der Waals surface area contributed by atoms with E-state index in [0.29, 0.717) is 26.2 Å². The Morgan fingerprint density at radius 2 is 1.93 bits per heavy atom. The van der Waals surface area contributed by atoms with Gasteiger partial charge in [-0.3, -0.25) is 9.59 Å². The summed E-state index contributed by atoms with van der Waals surface area (Å²) in [7, 11) is -3.85. The van der Waals surface area contributed by atoms with Gasteiger partial charge >= 0.3 is 0 Å². The molecule has 2 fully saturated rings. The zero-order valence-electron chi connectivity index (χ0n) is 15.4. The molecule has 1 atom stereocenters. The predicted octanol–water partition coefficient (Wildman–Crippen LogP) is 0.708. The van der Waals surface area contributed by atoms with Gasteiger partial charge in [0.15, 0.2) is 0 Å². The number of nitrogens with zero attached hydrogens (tertiary/aromatic N) is 2. The largest absolute Gasteiger partial charge is 0.376 e. The minimum atomic E-state index is -3.85. The van der Waals surface area contributed by atoms with Gasteiger partial charge in [-0.25, -0.2) is 8.42 Å².